The van der Waals surface area contributed by atoms with Gasteiger partial charge < -0.3 is 10.6 Å². The Morgan fingerprint density at radius 1 is 1.56 bits per heavy atom. The van der Waals surface area contributed by atoms with Crippen LogP contribution in [-0.4, -0.2) is 53.4 Å². The second kappa shape index (κ2) is 5.30. The van der Waals surface area contributed by atoms with Crippen molar-refractivity contribution >= 4 is 11.7 Å². The Kier molecular flexibility index (Phi) is 3.76. The average Bonchev–Trinajstić information content (AvgIpc) is 2.39. The van der Waals surface area contributed by atoms with Gasteiger partial charge in [0.2, 0.25) is 0 Å². The van der Waals surface area contributed by atoms with Crippen LogP contribution in [0.2, 0.25) is 0 Å². The number of nitrogens with one attached hydrogen (secondary N) is 1. The van der Waals surface area contributed by atoms with Crippen LogP contribution in [0.5, 0.6) is 0 Å². The highest BCUT2D eigenvalue weighted by Crippen LogP contribution is 2.20. The van der Waals surface area contributed by atoms with Crippen LogP contribution in [0, 0.1) is 5.41 Å². The lowest BCUT2D eigenvalue weighted by Crippen LogP contribution is -2.51. The molecule has 0 bridgehead atoms. The Balaban J connectivity index is 2.24. The first kappa shape index (κ1) is 12.8. The van der Waals surface area contributed by atoms with Crippen LogP contribution in [0.1, 0.15) is 18.9 Å². The number of nitrogens with zero attached hydrogens (tertiary/aromatic N) is 4. The highest BCUT2D eigenvalue weighted by atomic mass is 15.3. The quantitative estimate of drug-likeness (QED) is 0.593. The highest BCUT2D eigenvalue weighted by molar-refractivity contribution is 5.99. The summed E-state index contributed by atoms with van der Waals surface area (Å²) < 4.78 is 0. The molecular formula is C12H20N6. The van der Waals surface area contributed by atoms with Crippen molar-refractivity contribution in [2.75, 3.05) is 31.6 Å². The molecule has 1 aliphatic heterocycles. The largest absolute Gasteiger partial charge is 0.384 e. The summed E-state index contributed by atoms with van der Waals surface area (Å²) in [5, 5.41) is 7.59. The van der Waals surface area contributed by atoms with E-state index >= 15 is 0 Å². The summed E-state index contributed by atoms with van der Waals surface area (Å²) in [6, 6.07) is 0.522. The Labute approximate surface area is 107 Å². The fraction of sp³-hybridized carbons (Fsp3) is 0.583. The van der Waals surface area contributed by atoms with Gasteiger partial charge in [0.25, 0.3) is 0 Å². The van der Waals surface area contributed by atoms with E-state index in [1.165, 1.54) is 6.33 Å². The van der Waals surface area contributed by atoms with Gasteiger partial charge in [-0.15, -0.1) is 0 Å². The molecule has 0 spiro atoms. The van der Waals surface area contributed by atoms with Crippen LogP contribution in [0.15, 0.2) is 12.5 Å². The minimum Gasteiger partial charge on any atom is -0.384 e. The number of aromatic nitrogens is 2. The normalized spacial score (nSPS) is 21.0. The number of amidine groups is 1. The number of nitrogens with two attached hydrogens (primary N) is 1. The van der Waals surface area contributed by atoms with Crippen LogP contribution in [0.4, 0.5) is 5.82 Å². The van der Waals surface area contributed by atoms with Crippen molar-refractivity contribution in [1.82, 2.24) is 14.9 Å². The zero-order valence-corrected chi connectivity index (χ0v) is 10.9. The molecule has 0 aliphatic carbocycles. The number of rotatable bonds is 3. The topological polar surface area (TPSA) is 82.1 Å². The average molecular weight is 248 g/mol. The molecule has 1 fully saturated rings. The third kappa shape index (κ3) is 2.43. The number of nitrogen functional groups attached to an aromatic ring is 1. The van der Waals surface area contributed by atoms with Gasteiger partial charge in [-0.05, 0) is 13.5 Å². The lowest BCUT2D eigenvalue weighted by atomic mass is 10.1. The van der Waals surface area contributed by atoms with Gasteiger partial charge in [0, 0.05) is 31.9 Å². The standard InChI is InChI=1S/C12H20N6/c1-3-9-7-18(5-4-17(9)2)12-10(11(13)14)6-15-8-16-12/h6,8-9H,3-5,7H2,1-2H3,(H3,13,14). The molecular weight excluding hydrogens is 228 g/mol. The number of anilines is 1. The molecule has 1 aliphatic rings. The van der Waals surface area contributed by atoms with Crippen molar-refractivity contribution in [3.8, 4) is 0 Å². The van der Waals surface area contributed by atoms with E-state index in [1.807, 2.05) is 0 Å². The molecule has 18 heavy (non-hydrogen) atoms. The van der Waals surface area contributed by atoms with Crippen molar-refractivity contribution in [2.24, 2.45) is 5.73 Å². The Bertz CT molecular complexity index is 432. The van der Waals surface area contributed by atoms with Crippen molar-refractivity contribution < 1.29 is 0 Å². The number of hydrogen-bond acceptors (Lipinski definition) is 5. The second-order valence-corrected chi connectivity index (χ2v) is 4.66. The summed E-state index contributed by atoms with van der Waals surface area (Å²) in [5.41, 5.74) is 6.20. The van der Waals surface area contributed by atoms with Crippen LogP contribution in [-0.2, 0) is 0 Å². The Hall–Kier alpha value is -1.69. The first-order chi connectivity index (χ1) is 8.63. The van der Waals surface area contributed by atoms with Crippen molar-refractivity contribution in [1.29, 1.82) is 5.41 Å². The van der Waals surface area contributed by atoms with E-state index in [-0.39, 0.29) is 5.84 Å². The fourth-order valence-corrected chi connectivity index (χ4v) is 2.34. The molecule has 6 heteroatoms. The molecule has 0 aromatic carbocycles. The van der Waals surface area contributed by atoms with Gasteiger partial charge in [-0.3, -0.25) is 10.3 Å². The number of likely N-dealkylation sites (N-methyl/N-ethyl adjacent to an activating group) is 1. The summed E-state index contributed by atoms with van der Waals surface area (Å²) >= 11 is 0. The summed E-state index contributed by atoms with van der Waals surface area (Å²) in [6.07, 6.45) is 4.23. The van der Waals surface area contributed by atoms with E-state index in [0.717, 1.165) is 31.9 Å². The molecule has 6 nitrogen and oxygen atoms in total. The van der Waals surface area contributed by atoms with E-state index in [1.54, 1.807) is 6.20 Å². The number of hydrogen-bond donors (Lipinski definition) is 2. The van der Waals surface area contributed by atoms with Crippen LogP contribution in [0.25, 0.3) is 0 Å². The molecule has 1 aromatic rings. The van der Waals surface area contributed by atoms with E-state index < -0.39 is 0 Å². The first-order valence-electron chi connectivity index (χ1n) is 6.23. The summed E-state index contributed by atoms with van der Waals surface area (Å²) in [7, 11) is 2.15. The highest BCUT2D eigenvalue weighted by Gasteiger charge is 2.25. The third-order valence-corrected chi connectivity index (χ3v) is 3.53. The van der Waals surface area contributed by atoms with E-state index in [0.29, 0.717) is 11.6 Å². The lowest BCUT2D eigenvalue weighted by molar-refractivity contribution is 0.213. The van der Waals surface area contributed by atoms with Gasteiger partial charge in [0.1, 0.15) is 18.0 Å². The molecule has 1 aromatic heterocycles. The Morgan fingerprint density at radius 3 is 3.00 bits per heavy atom. The minimum atomic E-state index is 0.0255. The number of piperazine rings is 1. The van der Waals surface area contributed by atoms with Crippen molar-refractivity contribution in [3.05, 3.63) is 18.1 Å². The van der Waals surface area contributed by atoms with Gasteiger partial charge in [0.05, 0.1) is 5.56 Å². The van der Waals surface area contributed by atoms with Crippen LogP contribution in [0.3, 0.4) is 0 Å². The molecule has 3 N–H and O–H groups in total. The maximum atomic E-state index is 7.59. The minimum absolute atomic E-state index is 0.0255. The van der Waals surface area contributed by atoms with Gasteiger partial charge in [0.15, 0.2) is 0 Å². The van der Waals surface area contributed by atoms with Crippen LogP contribution < -0.4 is 10.6 Å². The zero-order valence-electron chi connectivity index (χ0n) is 10.9. The molecule has 1 atom stereocenters. The molecule has 2 rings (SSSR count). The van der Waals surface area contributed by atoms with E-state index in [2.05, 4.69) is 33.7 Å². The monoisotopic (exact) mass is 248 g/mol. The molecule has 0 saturated carbocycles. The molecule has 1 unspecified atom stereocenters. The van der Waals surface area contributed by atoms with Gasteiger partial charge in [-0.2, -0.15) is 0 Å². The summed E-state index contributed by atoms with van der Waals surface area (Å²) in [6.45, 7) is 5.02. The van der Waals surface area contributed by atoms with E-state index in [9.17, 15) is 0 Å². The van der Waals surface area contributed by atoms with Crippen molar-refractivity contribution in [2.45, 2.75) is 19.4 Å². The molecule has 0 amide bonds. The molecule has 98 valence electrons. The van der Waals surface area contributed by atoms with Gasteiger partial charge in [-0.1, -0.05) is 6.92 Å². The smallest absolute Gasteiger partial charge is 0.143 e. The molecule has 2 heterocycles. The van der Waals surface area contributed by atoms with Gasteiger partial charge in [-0.25, -0.2) is 9.97 Å². The molecule has 0 radical (unpaired) electrons. The first-order valence-corrected chi connectivity index (χ1v) is 6.23. The van der Waals surface area contributed by atoms with Gasteiger partial charge >= 0.3 is 0 Å². The SMILES string of the molecule is CCC1CN(c2ncncc2C(=N)N)CCN1C. The zero-order chi connectivity index (χ0) is 13.1. The Morgan fingerprint density at radius 2 is 2.33 bits per heavy atom. The summed E-state index contributed by atoms with van der Waals surface area (Å²) in [5.74, 6) is 0.807. The van der Waals surface area contributed by atoms with Crippen molar-refractivity contribution in [3.63, 3.8) is 0 Å². The predicted molar refractivity (Wildman–Crippen MR) is 72.0 cm³/mol. The van der Waals surface area contributed by atoms with Crippen LogP contribution >= 0.6 is 0 Å². The third-order valence-electron chi connectivity index (χ3n) is 3.53. The summed E-state index contributed by atoms with van der Waals surface area (Å²) in [4.78, 5) is 12.8. The predicted octanol–water partition coefficient (Wildman–Crippen LogP) is 0.291. The maximum absolute atomic E-state index is 7.59. The second-order valence-electron chi connectivity index (χ2n) is 4.66. The molecule has 1 saturated heterocycles. The fourth-order valence-electron chi connectivity index (χ4n) is 2.34. The maximum Gasteiger partial charge on any atom is 0.143 e. The van der Waals surface area contributed by atoms with E-state index in [4.69, 9.17) is 11.1 Å². The lowest BCUT2D eigenvalue weighted by Gasteiger charge is -2.40.